The van der Waals surface area contributed by atoms with Crippen molar-refractivity contribution in [1.29, 1.82) is 0 Å². The number of rotatable bonds is 4. The highest BCUT2D eigenvalue weighted by Crippen LogP contribution is 2.18. The van der Waals surface area contributed by atoms with Crippen molar-refractivity contribution in [3.05, 3.63) is 77.2 Å². The second kappa shape index (κ2) is 6.48. The van der Waals surface area contributed by atoms with Gasteiger partial charge in [0.25, 0.3) is 0 Å². The van der Waals surface area contributed by atoms with Crippen molar-refractivity contribution < 1.29 is 9.53 Å². The van der Waals surface area contributed by atoms with Crippen molar-refractivity contribution in [2.75, 3.05) is 0 Å². The van der Waals surface area contributed by atoms with Crippen LogP contribution < -0.4 is 0 Å². The Kier molecular flexibility index (Phi) is 4.01. The Morgan fingerprint density at radius 1 is 1.15 bits per heavy atom. The van der Waals surface area contributed by atoms with Gasteiger partial charge in [0.15, 0.2) is 0 Å². The Balaban J connectivity index is 1.47. The van der Waals surface area contributed by atoms with Gasteiger partial charge in [0.2, 0.25) is 0 Å². The van der Waals surface area contributed by atoms with E-state index in [1.165, 1.54) is 0 Å². The number of H-pyrrole nitrogens is 1. The molecule has 2 aromatic heterocycles. The van der Waals surface area contributed by atoms with E-state index in [4.69, 9.17) is 4.74 Å². The quantitative estimate of drug-likeness (QED) is 0.572. The molecule has 2 heterocycles. The minimum Gasteiger partial charge on any atom is -0.457 e. The number of hydrogen-bond donors (Lipinski definition) is 1. The molecule has 0 aliphatic rings. The number of ether oxygens (including phenoxy) is 1. The van der Waals surface area contributed by atoms with Crippen LogP contribution in [0.5, 0.6) is 0 Å². The molecule has 0 saturated heterocycles. The molecule has 4 aromatic rings. The van der Waals surface area contributed by atoms with E-state index < -0.39 is 0 Å². The van der Waals surface area contributed by atoms with Crippen LogP contribution in [-0.2, 0) is 11.3 Å². The van der Waals surface area contributed by atoms with Crippen molar-refractivity contribution in [2.24, 2.45) is 0 Å². The normalized spacial score (nSPS) is 11.0. The number of fused-ring (bicyclic) bond motifs is 1. The molecule has 26 heavy (non-hydrogen) atoms. The van der Waals surface area contributed by atoms with Gasteiger partial charge >= 0.3 is 5.97 Å². The summed E-state index contributed by atoms with van der Waals surface area (Å²) in [6.07, 6.45) is 1.63. The number of nitrogens with one attached hydrogen (secondary N) is 1. The van der Waals surface area contributed by atoms with Gasteiger partial charge in [-0.05, 0) is 49.7 Å². The molecule has 2 aromatic carbocycles. The zero-order chi connectivity index (χ0) is 18.1. The molecule has 0 spiro atoms. The molecule has 0 bridgehead atoms. The number of aryl methyl sites for hydroxylation is 2. The summed E-state index contributed by atoms with van der Waals surface area (Å²) >= 11 is 0. The van der Waals surface area contributed by atoms with Gasteiger partial charge < -0.3 is 4.74 Å². The van der Waals surface area contributed by atoms with Crippen LogP contribution in [0.3, 0.4) is 0 Å². The third-order valence-electron chi connectivity index (χ3n) is 4.27. The number of carbonyl (C=O) groups excluding carboxylic acids is 1. The second-order valence-corrected chi connectivity index (χ2v) is 6.22. The molecule has 0 radical (unpaired) electrons. The maximum Gasteiger partial charge on any atom is 0.339 e. The predicted octanol–water partition coefficient (Wildman–Crippen LogP) is 3.72. The number of aromatic nitrogens is 4. The lowest BCUT2D eigenvalue weighted by atomic mass is 10.1. The number of nitrogens with zero attached hydrogens (tertiary/aromatic N) is 3. The molecule has 0 saturated carbocycles. The second-order valence-electron chi connectivity index (χ2n) is 6.22. The zero-order valence-electron chi connectivity index (χ0n) is 14.6. The third kappa shape index (κ3) is 2.97. The summed E-state index contributed by atoms with van der Waals surface area (Å²) in [5, 5.41) is 12.1. The number of carbonyl (C=O) groups is 1. The topological polar surface area (TPSA) is 72.8 Å². The van der Waals surface area contributed by atoms with Gasteiger partial charge in [-0.2, -0.15) is 10.2 Å². The molecular formula is C20H18N4O2. The number of aromatic amines is 1. The van der Waals surface area contributed by atoms with Crippen LogP contribution in [0.4, 0.5) is 0 Å². The molecular weight excluding hydrogens is 328 g/mol. The molecule has 0 atom stereocenters. The predicted molar refractivity (Wildman–Crippen MR) is 98.3 cm³/mol. The summed E-state index contributed by atoms with van der Waals surface area (Å²) in [7, 11) is 0. The highest BCUT2D eigenvalue weighted by molar-refractivity contribution is 6.03. The molecule has 6 nitrogen and oxygen atoms in total. The molecule has 0 amide bonds. The number of hydrogen-bond acceptors (Lipinski definition) is 4. The number of esters is 1. The largest absolute Gasteiger partial charge is 0.457 e. The molecule has 4 rings (SSSR count). The van der Waals surface area contributed by atoms with Gasteiger partial charge in [-0.25, -0.2) is 9.48 Å². The molecule has 0 unspecified atom stereocenters. The fourth-order valence-corrected chi connectivity index (χ4v) is 3.00. The van der Waals surface area contributed by atoms with Crippen LogP contribution in [0.2, 0.25) is 0 Å². The van der Waals surface area contributed by atoms with Crippen molar-refractivity contribution in [3.8, 4) is 5.69 Å². The van der Waals surface area contributed by atoms with Crippen LogP contribution in [0.15, 0.2) is 54.7 Å². The minimum absolute atomic E-state index is 0.213. The highest BCUT2D eigenvalue weighted by Gasteiger charge is 2.12. The maximum atomic E-state index is 12.4. The molecule has 0 aliphatic heterocycles. The van der Waals surface area contributed by atoms with Gasteiger partial charge in [-0.1, -0.05) is 18.2 Å². The average molecular weight is 346 g/mol. The third-order valence-corrected chi connectivity index (χ3v) is 4.27. The Morgan fingerprint density at radius 3 is 2.69 bits per heavy atom. The lowest BCUT2D eigenvalue weighted by Crippen LogP contribution is -2.06. The lowest BCUT2D eigenvalue weighted by Gasteiger charge is -2.08. The first-order chi connectivity index (χ1) is 12.6. The molecule has 6 heteroatoms. The smallest absolute Gasteiger partial charge is 0.339 e. The van der Waals surface area contributed by atoms with Crippen LogP contribution in [-0.4, -0.2) is 25.9 Å². The Morgan fingerprint density at radius 2 is 1.96 bits per heavy atom. The van der Waals surface area contributed by atoms with E-state index in [-0.39, 0.29) is 12.6 Å². The summed E-state index contributed by atoms with van der Waals surface area (Å²) in [6, 6.07) is 15.3. The van der Waals surface area contributed by atoms with E-state index in [0.29, 0.717) is 5.56 Å². The summed E-state index contributed by atoms with van der Waals surface area (Å²) in [5.41, 5.74) is 5.28. The van der Waals surface area contributed by atoms with Gasteiger partial charge in [0, 0.05) is 11.1 Å². The molecule has 0 fully saturated rings. The van der Waals surface area contributed by atoms with Crippen LogP contribution in [0, 0.1) is 13.8 Å². The van der Waals surface area contributed by atoms with Gasteiger partial charge in [-0.15, -0.1) is 0 Å². The van der Waals surface area contributed by atoms with Crippen molar-refractivity contribution in [2.45, 2.75) is 20.5 Å². The Bertz CT molecular complexity index is 1080. The average Bonchev–Trinajstić information content (AvgIpc) is 3.25. The molecule has 130 valence electrons. The van der Waals surface area contributed by atoms with E-state index in [0.717, 1.165) is 33.5 Å². The van der Waals surface area contributed by atoms with Crippen molar-refractivity contribution >= 4 is 16.9 Å². The first-order valence-corrected chi connectivity index (χ1v) is 8.33. The zero-order valence-corrected chi connectivity index (χ0v) is 14.6. The van der Waals surface area contributed by atoms with E-state index in [9.17, 15) is 4.79 Å². The summed E-state index contributed by atoms with van der Waals surface area (Å²) in [5.74, 6) is -0.361. The van der Waals surface area contributed by atoms with Gasteiger partial charge in [0.05, 0.1) is 28.7 Å². The first-order valence-electron chi connectivity index (χ1n) is 8.33. The lowest BCUT2D eigenvalue weighted by molar-refractivity contribution is 0.0475. The van der Waals surface area contributed by atoms with Gasteiger partial charge in [0.1, 0.15) is 6.61 Å². The minimum atomic E-state index is -0.361. The fraction of sp³-hybridized carbons (Fsp3) is 0.150. The van der Waals surface area contributed by atoms with Crippen molar-refractivity contribution in [3.63, 3.8) is 0 Å². The highest BCUT2D eigenvalue weighted by atomic mass is 16.5. The number of benzene rings is 2. The van der Waals surface area contributed by atoms with E-state index in [1.807, 2.05) is 54.9 Å². The maximum absolute atomic E-state index is 12.4. The van der Waals surface area contributed by atoms with Gasteiger partial charge in [-0.3, -0.25) is 5.10 Å². The standard InChI is InChI=1S/C20H18N4O2/c1-13-10-14(2)24(23-13)16-8-6-15(7-9-16)12-26-20(25)17-4-3-5-19-18(17)11-21-22-19/h3-11H,12H2,1-2H3,(H,21,22). The summed E-state index contributed by atoms with van der Waals surface area (Å²) in [6.45, 7) is 4.20. The van der Waals surface area contributed by atoms with E-state index in [1.54, 1.807) is 18.3 Å². The van der Waals surface area contributed by atoms with E-state index in [2.05, 4.69) is 15.3 Å². The monoisotopic (exact) mass is 346 g/mol. The van der Waals surface area contributed by atoms with Crippen LogP contribution in [0.1, 0.15) is 27.3 Å². The van der Waals surface area contributed by atoms with Crippen LogP contribution in [0.25, 0.3) is 16.6 Å². The SMILES string of the molecule is Cc1cc(C)n(-c2ccc(COC(=O)c3cccc4[nH]ncc34)cc2)n1. The summed E-state index contributed by atoms with van der Waals surface area (Å²) < 4.78 is 7.36. The summed E-state index contributed by atoms with van der Waals surface area (Å²) in [4.78, 5) is 12.4. The van der Waals surface area contributed by atoms with Crippen LogP contribution >= 0.6 is 0 Å². The molecule has 1 N–H and O–H groups in total. The van der Waals surface area contributed by atoms with Crippen molar-refractivity contribution in [1.82, 2.24) is 20.0 Å². The Labute approximate surface area is 150 Å². The van der Waals surface area contributed by atoms with E-state index >= 15 is 0 Å². The first kappa shape index (κ1) is 16.1. The Hall–Kier alpha value is -3.41. The fourth-order valence-electron chi connectivity index (χ4n) is 3.00. The molecule has 0 aliphatic carbocycles.